The van der Waals surface area contributed by atoms with Crippen LogP contribution in [0.1, 0.15) is 39.2 Å². The molecule has 0 bridgehead atoms. The van der Waals surface area contributed by atoms with E-state index >= 15 is 0 Å². The zero-order valence-corrected chi connectivity index (χ0v) is 20.8. The number of nitrogens with one attached hydrogen (secondary N) is 2. The quantitative estimate of drug-likeness (QED) is 0.237. The van der Waals surface area contributed by atoms with E-state index < -0.39 is 0 Å². The molecule has 1 aliphatic heterocycles. The molecule has 1 aromatic carbocycles. The Morgan fingerprint density at radius 2 is 2.00 bits per heavy atom. The third kappa shape index (κ3) is 8.68. The van der Waals surface area contributed by atoms with Crippen molar-refractivity contribution in [2.75, 3.05) is 40.5 Å². The Kier molecular flexibility index (Phi) is 11.9. The Morgan fingerprint density at radius 1 is 1.24 bits per heavy atom. The molecule has 2 N–H and O–H groups in total. The average molecular weight is 519 g/mol. The Bertz CT molecular complexity index is 620. The highest BCUT2D eigenvalue weighted by molar-refractivity contribution is 14.0. The van der Waals surface area contributed by atoms with Gasteiger partial charge in [-0.05, 0) is 24.3 Å². The highest BCUT2D eigenvalue weighted by Crippen LogP contribution is 2.33. The minimum Gasteiger partial charge on any atom is -0.496 e. The van der Waals surface area contributed by atoms with Gasteiger partial charge in [0, 0.05) is 38.2 Å². The van der Waals surface area contributed by atoms with E-state index in [1.807, 2.05) is 24.3 Å². The first-order valence-electron chi connectivity index (χ1n) is 10.2. The Hall–Kier alpha value is -1.06. The number of hydrogen-bond acceptors (Lipinski definition) is 4. The Morgan fingerprint density at radius 3 is 2.69 bits per heavy atom. The lowest BCUT2D eigenvalue weighted by Crippen LogP contribution is -2.47. The summed E-state index contributed by atoms with van der Waals surface area (Å²) in [4.78, 5) is 4.32. The number of para-hydroxylation sites is 1. The van der Waals surface area contributed by atoms with Gasteiger partial charge in [-0.1, -0.05) is 39.0 Å². The van der Waals surface area contributed by atoms with Gasteiger partial charge in [-0.3, -0.25) is 4.99 Å². The first-order chi connectivity index (χ1) is 13.5. The van der Waals surface area contributed by atoms with Crippen LogP contribution in [0.3, 0.4) is 0 Å². The fraction of sp³-hybridized carbons (Fsp3) is 0.682. The van der Waals surface area contributed by atoms with E-state index in [0.717, 1.165) is 36.8 Å². The molecule has 0 spiro atoms. The molecular formula is C22H38IN3O3. The summed E-state index contributed by atoms with van der Waals surface area (Å²) >= 11 is 0. The number of guanidine groups is 1. The van der Waals surface area contributed by atoms with Crippen LogP contribution in [0.2, 0.25) is 0 Å². The molecule has 29 heavy (non-hydrogen) atoms. The molecule has 1 fully saturated rings. The molecule has 1 aliphatic rings. The van der Waals surface area contributed by atoms with Crippen molar-refractivity contribution in [2.24, 2.45) is 16.3 Å². The lowest BCUT2D eigenvalue weighted by atomic mass is 9.78. The second-order valence-corrected chi connectivity index (χ2v) is 8.30. The van der Waals surface area contributed by atoms with E-state index in [-0.39, 0.29) is 35.5 Å². The van der Waals surface area contributed by atoms with Crippen LogP contribution in [0.25, 0.3) is 0 Å². The number of halogens is 1. The minimum atomic E-state index is 0. The van der Waals surface area contributed by atoms with Crippen molar-refractivity contribution in [3.63, 3.8) is 0 Å². The van der Waals surface area contributed by atoms with Crippen LogP contribution in [0.4, 0.5) is 0 Å². The maximum absolute atomic E-state index is 6.06. The number of rotatable bonds is 8. The number of ether oxygens (including phenoxy) is 3. The lowest BCUT2D eigenvalue weighted by molar-refractivity contribution is -0.0835. The summed E-state index contributed by atoms with van der Waals surface area (Å²) in [5, 5.41) is 6.77. The van der Waals surface area contributed by atoms with Crippen LogP contribution in [0.5, 0.6) is 5.75 Å². The summed E-state index contributed by atoms with van der Waals surface area (Å²) < 4.78 is 17.2. The molecule has 1 saturated heterocycles. The summed E-state index contributed by atoms with van der Waals surface area (Å²) in [7, 11) is 3.47. The van der Waals surface area contributed by atoms with Crippen molar-refractivity contribution in [3.05, 3.63) is 29.8 Å². The van der Waals surface area contributed by atoms with Gasteiger partial charge in [0.25, 0.3) is 0 Å². The lowest BCUT2D eigenvalue weighted by Gasteiger charge is -2.40. The van der Waals surface area contributed by atoms with Gasteiger partial charge >= 0.3 is 0 Å². The fourth-order valence-electron chi connectivity index (χ4n) is 3.70. The normalized spacial score (nSPS) is 20.0. The monoisotopic (exact) mass is 519 g/mol. The van der Waals surface area contributed by atoms with Crippen molar-refractivity contribution in [3.8, 4) is 5.75 Å². The maximum atomic E-state index is 6.06. The third-order valence-electron chi connectivity index (χ3n) is 5.04. The van der Waals surface area contributed by atoms with Gasteiger partial charge in [0.2, 0.25) is 0 Å². The molecule has 0 aromatic heterocycles. The molecule has 2 unspecified atom stereocenters. The largest absolute Gasteiger partial charge is 0.496 e. The molecule has 0 saturated carbocycles. The summed E-state index contributed by atoms with van der Waals surface area (Å²) in [6.45, 7) is 10.3. The summed E-state index contributed by atoms with van der Waals surface area (Å²) in [5.74, 6) is 2.16. The zero-order chi connectivity index (χ0) is 20.4. The molecular weight excluding hydrogens is 481 g/mol. The number of methoxy groups -OCH3 is 1. The maximum Gasteiger partial charge on any atom is 0.191 e. The molecule has 6 nitrogen and oxygen atoms in total. The standard InChI is InChI=1S/C22H37N3O3.HI/c1-22(2,3)20-17(10-8-13-28-20)15-25-21(23-4)24-12-14-27-16-18-9-6-7-11-19(18)26-5;/h6-7,9,11,17,20H,8,10,12-16H2,1-5H3,(H2,23,24,25);1H. The Labute approximate surface area is 193 Å². The van der Waals surface area contributed by atoms with Crippen molar-refractivity contribution in [1.82, 2.24) is 10.6 Å². The van der Waals surface area contributed by atoms with Crippen LogP contribution in [0.15, 0.2) is 29.3 Å². The van der Waals surface area contributed by atoms with Crippen molar-refractivity contribution in [1.29, 1.82) is 0 Å². The smallest absolute Gasteiger partial charge is 0.191 e. The average Bonchev–Trinajstić information content (AvgIpc) is 2.69. The van der Waals surface area contributed by atoms with Crippen LogP contribution < -0.4 is 15.4 Å². The number of hydrogen-bond donors (Lipinski definition) is 2. The number of benzene rings is 1. The van der Waals surface area contributed by atoms with E-state index in [1.165, 1.54) is 6.42 Å². The van der Waals surface area contributed by atoms with Gasteiger partial charge in [-0.2, -0.15) is 0 Å². The summed E-state index contributed by atoms with van der Waals surface area (Å²) in [6.07, 6.45) is 2.59. The number of nitrogens with zero attached hydrogens (tertiary/aromatic N) is 1. The van der Waals surface area contributed by atoms with Crippen molar-refractivity contribution < 1.29 is 14.2 Å². The molecule has 0 radical (unpaired) electrons. The van der Waals surface area contributed by atoms with Gasteiger partial charge in [0.15, 0.2) is 5.96 Å². The summed E-state index contributed by atoms with van der Waals surface area (Å²) in [6, 6.07) is 7.92. The van der Waals surface area contributed by atoms with Gasteiger partial charge in [-0.25, -0.2) is 0 Å². The van der Waals surface area contributed by atoms with Crippen LogP contribution >= 0.6 is 24.0 Å². The molecule has 1 heterocycles. The molecule has 2 rings (SSSR count). The third-order valence-corrected chi connectivity index (χ3v) is 5.04. The molecule has 2 atom stereocenters. The van der Waals surface area contributed by atoms with Crippen molar-refractivity contribution >= 4 is 29.9 Å². The van der Waals surface area contributed by atoms with E-state index in [2.05, 4.69) is 36.4 Å². The molecule has 166 valence electrons. The molecule has 0 amide bonds. The van der Waals surface area contributed by atoms with Gasteiger partial charge in [-0.15, -0.1) is 24.0 Å². The second-order valence-electron chi connectivity index (χ2n) is 8.30. The van der Waals surface area contributed by atoms with Crippen LogP contribution in [-0.4, -0.2) is 52.5 Å². The first-order valence-corrected chi connectivity index (χ1v) is 10.2. The number of aliphatic imine (C=N–C) groups is 1. The second kappa shape index (κ2) is 13.3. The summed E-state index contributed by atoms with van der Waals surface area (Å²) in [5.41, 5.74) is 1.20. The predicted molar refractivity (Wildman–Crippen MR) is 129 cm³/mol. The van der Waals surface area contributed by atoms with E-state index in [9.17, 15) is 0 Å². The Balaban J connectivity index is 0.00000420. The van der Waals surface area contributed by atoms with E-state index in [1.54, 1.807) is 14.2 Å². The SMILES string of the molecule is CN=C(NCCOCc1ccccc1OC)NCC1CCCOC1C(C)(C)C.I. The first kappa shape index (κ1) is 26.0. The van der Waals surface area contributed by atoms with E-state index in [0.29, 0.717) is 25.7 Å². The van der Waals surface area contributed by atoms with Crippen molar-refractivity contribution in [2.45, 2.75) is 46.3 Å². The molecule has 0 aliphatic carbocycles. The van der Waals surface area contributed by atoms with Gasteiger partial charge in [0.05, 0.1) is 26.4 Å². The van der Waals surface area contributed by atoms with E-state index in [4.69, 9.17) is 14.2 Å². The van der Waals surface area contributed by atoms with Gasteiger partial charge in [0.1, 0.15) is 5.75 Å². The highest BCUT2D eigenvalue weighted by atomic mass is 127. The molecule has 1 aromatic rings. The fourth-order valence-corrected chi connectivity index (χ4v) is 3.70. The topological polar surface area (TPSA) is 64.1 Å². The predicted octanol–water partition coefficient (Wildman–Crippen LogP) is 3.84. The minimum absolute atomic E-state index is 0. The highest BCUT2D eigenvalue weighted by Gasteiger charge is 2.35. The molecule has 7 heteroatoms. The van der Waals surface area contributed by atoms with Crippen LogP contribution in [0, 0.1) is 11.3 Å². The zero-order valence-electron chi connectivity index (χ0n) is 18.5. The van der Waals surface area contributed by atoms with Gasteiger partial charge < -0.3 is 24.8 Å². The van der Waals surface area contributed by atoms with Crippen LogP contribution in [-0.2, 0) is 16.1 Å².